The average molecular weight is 310 g/mol. The van der Waals surface area contributed by atoms with Crippen molar-refractivity contribution in [1.29, 1.82) is 0 Å². The summed E-state index contributed by atoms with van der Waals surface area (Å²) in [6, 6.07) is 7.81. The van der Waals surface area contributed by atoms with Gasteiger partial charge >= 0.3 is 6.09 Å². The van der Waals surface area contributed by atoms with Crippen molar-refractivity contribution in [3.8, 4) is 5.75 Å². The van der Waals surface area contributed by atoms with Crippen LogP contribution in [0.2, 0.25) is 0 Å². The number of alkyl halides is 1. The zero-order chi connectivity index (χ0) is 15.1. The molecule has 21 heavy (non-hydrogen) atoms. The van der Waals surface area contributed by atoms with Crippen molar-refractivity contribution in [1.82, 2.24) is 5.32 Å². The zero-order valence-electron chi connectivity index (χ0n) is 12.3. The highest BCUT2D eigenvalue weighted by Gasteiger charge is 2.77. The number of amides is 1. The Bertz CT molecular complexity index is 547. The van der Waals surface area contributed by atoms with Crippen molar-refractivity contribution < 1.29 is 14.3 Å². The zero-order valence-corrected chi connectivity index (χ0v) is 13.1. The molecule has 4 nitrogen and oxygen atoms in total. The van der Waals surface area contributed by atoms with Gasteiger partial charge in [-0.3, -0.25) is 0 Å². The van der Waals surface area contributed by atoms with Gasteiger partial charge in [-0.05, 0) is 30.5 Å². The highest BCUT2D eigenvalue weighted by molar-refractivity contribution is 6.28. The van der Waals surface area contributed by atoms with Gasteiger partial charge in [0.25, 0.3) is 0 Å². The molecule has 0 aliphatic heterocycles. The van der Waals surface area contributed by atoms with E-state index in [1.165, 1.54) is 7.11 Å². The quantitative estimate of drug-likeness (QED) is 0.870. The minimum atomic E-state index is -0.538. The molecule has 0 aromatic heterocycles. The molecule has 3 rings (SSSR count). The third kappa shape index (κ3) is 2.00. The van der Waals surface area contributed by atoms with Crippen LogP contribution in [0.1, 0.15) is 31.2 Å². The van der Waals surface area contributed by atoms with Crippen LogP contribution >= 0.6 is 11.6 Å². The Morgan fingerprint density at radius 1 is 1.29 bits per heavy atom. The number of carbonyl (C=O) groups excluding carboxylic acids is 1. The van der Waals surface area contributed by atoms with Gasteiger partial charge in [-0.2, -0.15) is 0 Å². The van der Waals surface area contributed by atoms with E-state index in [1.54, 1.807) is 7.11 Å². The molecule has 1 N–H and O–H groups in total. The fourth-order valence-corrected chi connectivity index (χ4v) is 4.54. The lowest BCUT2D eigenvalue weighted by Gasteiger charge is -2.24. The third-order valence-electron chi connectivity index (χ3n) is 4.98. The molecule has 0 saturated heterocycles. The van der Waals surface area contributed by atoms with Crippen LogP contribution in [0.5, 0.6) is 5.75 Å². The first-order chi connectivity index (χ1) is 10.1. The van der Waals surface area contributed by atoms with Crippen LogP contribution in [0.25, 0.3) is 0 Å². The first kappa shape index (κ1) is 14.5. The molecule has 2 aliphatic rings. The van der Waals surface area contributed by atoms with Crippen LogP contribution in [-0.2, 0) is 9.61 Å². The molecule has 1 aromatic rings. The Labute approximate surface area is 129 Å². The second-order valence-electron chi connectivity index (χ2n) is 5.83. The summed E-state index contributed by atoms with van der Waals surface area (Å²) in [5.41, 5.74) is 0.655. The Balaban J connectivity index is 1.93. The number of ether oxygens (including phenoxy) is 2. The SMILES string of the molecule is COC(=O)NC12CCCCC1C2(Cl)c1ccc(OC)cc1. The van der Waals surface area contributed by atoms with Gasteiger partial charge in [0.05, 0.1) is 24.6 Å². The average Bonchev–Trinajstić information content (AvgIpc) is 3.07. The molecule has 2 aliphatic carbocycles. The lowest BCUT2D eigenvalue weighted by Crippen LogP contribution is -2.43. The van der Waals surface area contributed by atoms with Crippen molar-refractivity contribution >= 4 is 17.7 Å². The summed E-state index contributed by atoms with van der Waals surface area (Å²) in [5, 5.41) is 3.01. The summed E-state index contributed by atoms with van der Waals surface area (Å²) in [6.07, 6.45) is 3.74. The Kier molecular flexibility index (Phi) is 3.52. The second-order valence-corrected chi connectivity index (χ2v) is 6.42. The van der Waals surface area contributed by atoms with Crippen molar-refractivity contribution in [2.75, 3.05) is 14.2 Å². The largest absolute Gasteiger partial charge is 0.497 e. The van der Waals surface area contributed by atoms with E-state index in [4.69, 9.17) is 21.1 Å². The van der Waals surface area contributed by atoms with Crippen LogP contribution in [0, 0.1) is 5.92 Å². The standard InChI is InChI=1S/C16H20ClNO3/c1-20-12-8-6-11(7-9-12)16(17)13-5-3-4-10-15(13,16)18-14(19)21-2/h6-9,13H,3-5,10H2,1-2H3,(H,18,19). The number of methoxy groups -OCH3 is 2. The first-order valence-electron chi connectivity index (χ1n) is 7.28. The summed E-state index contributed by atoms with van der Waals surface area (Å²) < 4.78 is 9.98. The summed E-state index contributed by atoms with van der Waals surface area (Å²) in [5.74, 6) is 1.06. The number of nitrogens with one attached hydrogen (secondary N) is 1. The number of halogens is 1. The summed E-state index contributed by atoms with van der Waals surface area (Å²) in [6.45, 7) is 0. The van der Waals surface area contributed by atoms with Crippen LogP contribution in [-0.4, -0.2) is 25.9 Å². The molecular weight excluding hydrogens is 290 g/mol. The molecule has 0 bridgehead atoms. The Morgan fingerprint density at radius 2 is 2.00 bits per heavy atom. The molecule has 0 spiro atoms. The number of benzene rings is 1. The summed E-state index contributed by atoms with van der Waals surface area (Å²) in [4.78, 5) is 11.2. The van der Waals surface area contributed by atoms with Gasteiger partial charge < -0.3 is 14.8 Å². The van der Waals surface area contributed by atoms with E-state index < -0.39 is 11.0 Å². The maximum Gasteiger partial charge on any atom is 0.407 e. The van der Waals surface area contributed by atoms with Gasteiger partial charge in [-0.15, -0.1) is 11.6 Å². The highest BCUT2D eigenvalue weighted by atomic mass is 35.5. The smallest absolute Gasteiger partial charge is 0.407 e. The van der Waals surface area contributed by atoms with Gasteiger partial charge in [0.1, 0.15) is 5.75 Å². The van der Waals surface area contributed by atoms with Crippen LogP contribution in [0.15, 0.2) is 24.3 Å². The van der Waals surface area contributed by atoms with Gasteiger partial charge in [-0.25, -0.2) is 4.79 Å². The van der Waals surface area contributed by atoms with Gasteiger partial charge in [0.15, 0.2) is 0 Å². The summed E-state index contributed by atoms with van der Waals surface area (Å²) >= 11 is 6.98. The van der Waals surface area contributed by atoms with Gasteiger partial charge in [-0.1, -0.05) is 25.0 Å². The van der Waals surface area contributed by atoms with E-state index in [2.05, 4.69) is 5.32 Å². The summed E-state index contributed by atoms with van der Waals surface area (Å²) in [7, 11) is 3.03. The molecule has 0 radical (unpaired) electrons. The van der Waals surface area contributed by atoms with Crippen molar-refractivity contribution in [3.63, 3.8) is 0 Å². The normalized spacial score (nSPS) is 33.8. The fraction of sp³-hybridized carbons (Fsp3) is 0.562. The van der Waals surface area contributed by atoms with E-state index in [-0.39, 0.29) is 11.5 Å². The van der Waals surface area contributed by atoms with Crippen LogP contribution in [0.4, 0.5) is 4.79 Å². The van der Waals surface area contributed by atoms with E-state index in [9.17, 15) is 4.79 Å². The molecule has 5 heteroatoms. The van der Waals surface area contributed by atoms with Crippen LogP contribution in [0.3, 0.4) is 0 Å². The lowest BCUT2D eigenvalue weighted by molar-refractivity contribution is 0.160. The maximum absolute atomic E-state index is 11.7. The third-order valence-corrected chi connectivity index (χ3v) is 5.79. The van der Waals surface area contributed by atoms with Gasteiger partial charge in [0.2, 0.25) is 0 Å². The highest BCUT2D eigenvalue weighted by Crippen LogP contribution is 2.71. The maximum atomic E-state index is 11.7. The van der Waals surface area contributed by atoms with Crippen molar-refractivity contribution in [2.24, 2.45) is 5.92 Å². The fourth-order valence-electron chi connectivity index (χ4n) is 3.89. The predicted octanol–water partition coefficient (Wildman–Crippen LogP) is 3.43. The molecule has 2 fully saturated rings. The van der Waals surface area contributed by atoms with E-state index in [0.717, 1.165) is 37.0 Å². The van der Waals surface area contributed by atoms with E-state index >= 15 is 0 Å². The molecule has 1 aromatic carbocycles. The predicted molar refractivity (Wildman–Crippen MR) is 80.8 cm³/mol. The van der Waals surface area contributed by atoms with Gasteiger partial charge in [0, 0.05) is 5.92 Å². The Hall–Kier alpha value is -1.42. The molecular formula is C16H20ClNO3. The number of carbonyl (C=O) groups is 1. The van der Waals surface area contributed by atoms with E-state index in [1.807, 2.05) is 24.3 Å². The molecule has 3 atom stereocenters. The van der Waals surface area contributed by atoms with Crippen molar-refractivity contribution in [2.45, 2.75) is 36.1 Å². The number of alkyl carbamates (subject to hydrolysis) is 1. The molecule has 3 unspecified atom stereocenters. The second kappa shape index (κ2) is 5.09. The number of rotatable bonds is 3. The number of hydrogen-bond donors (Lipinski definition) is 1. The molecule has 114 valence electrons. The molecule has 0 heterocycles. The minimum absolute atomic E-state index is 0.257. The topological polar surface area (TPSA) is 47.6 Å². The number of hydrogen-bond acceptors (Lipinski definition) is 3. The van der Waals surface area contributed by atoms with Crippen molar-refractivity contribution in [3.05, 3.63) is 29.8 Å². The first-order valence-corrected chi connectivity index (χ1v) is 7.66. The monoisotopic (exact) mass is 309 g/mol. The number of fused-ring (bicyclic) bond motifs is 1. The van der Waals surface area contributed by atoms with E-state index in [0.29, 0.717) is 0 Å². The lowest BCUT2D eigenvalue weighted by atomic mass is 9.95. The Morgan fingerprint density at radius 3 is 2.62 bits per heavy atom. The van der Waals surface area contributed by atoms with Crippen LogP contribution < -0.4 is 10.1 Å². The molecule has 1 amide bonds. The molecule has 2 saturated carbocycles. The minimum Gasteiger partial charge on any atom is -0.497 e.